The Labute approximate surface area is 282 Å². The molecular weight excluding hydrogens is 599 g/mol. The molecule has 1 atom stereocenters. The van der Waals surface area contributed by atoms with Gasteiger partial charge in [0.15, 0.2) is 5.84 Å². The van der Waals surface area contributed by atoms with Gasteiger partial charge in [0.25, 0.3) is 0 Å². The predicted molar refractivity (Wildman–Crippen MR) is 204 cm³/mol. The Morgan fingerprint density at radius 2 is 1.14 bits per heavy atom. The van der Waals surface area contributed by atoms with E-state index in [1.54, 1.807) is 0 Å². The summed E-state index contributed by atoms with van der Waals surface area (Å²) in [5, 5.41) is 13.1. The number of nitrogens with zero attached hydrogens (tertiary/aromatic N) is 2. The molecular formula is C45H29N3O. The van der Waals surface area contributed by atoms with Gasteiger partial charge in [-0.2, -0.15) is 0 Å². The summed E-state index contributed by atoms with van der Waals surface area (Å²) >= 11 is 0. The standard InChI is InChI=1S/C45H29N3O/c1-2-11-30(12-3-1)43-46-44(35-22-23-37-34(26-35)20-18-29-10-6-7-14-36(29)37)48-45(47-43)39-15-8-16-40-42(39)38-24-21-33(27-41(38)49-40)32-19-17-28-9-4-5-13-31(28)25-32/h1-27,43H,(H,46,47,48). The number of amidine groups is 2. The molecule has 0 aliphatic carbocycles. The molecule has 1 unspecified atom stereocenters. The average molecular weight is 628 g/mol. The summed E-state index contributed by atoms with van der Waals surface area (Å²) in [6.07, 6.45) is -0.302. The highest BCUT2D eigenvalue weighted by atomic mass is 16.3. The third kappa shape index (κ3) is 4.68. The largest absolute Gasteiger partial charge is 0.456 e. The van der Waals surface area contributed by atoms with Crippen molar-refractivity contribution < 1.29 is 4.42 Å². The fourth-order valence-electron chi connectivity index (χ4n) is 7.25. The summed E-state index contributed by atoms with van der Waals surface area (Å²) in [5.41, 5.74) is 6.99. The maximum Gasteiger partial charge on any atom is 0.159 e. The van der Waals surface area contributed by atoms with Crippen molar-refractivity contribution in [2.75, 3.05) is 0 Å². The van der Waals surface area contributed by atoms with Crippen molar-refractivity contribution in [3.8, 4) is 11.1 Å². The molecule has 0 amide bonds. The number of benzene rings is 8. The normalized spacial score (nSPS) is 14.7. The van der Waals surface area contributed by atoms with Crippen LogP contribution in [0.4, 0.5) is 0 Å². The second-order valence-corrected chi connectivity index (χ2v) is 12.6. The second kappa shape index (κ2) is 11.0. The number of furan rings is 1. The molecule has 0 saturated heterocycles. The van der Waals surface area contributed by atoms with Gasteiger partial charge in [-0.25, -0.2) is 9.98 Å². The number of rotatable bonds is 4. The van der Waals surface area contributed by atoms with E-state index in [-0.39, 0.29) is 6.17 Å². The minimum atomic E-state index is -0.302. The number of hydrogen-bond acceptors (Lipinski definition) is 4. The Bertz CT molecular complexity index is 2810. The van der Waals surface area contributed by atoms with Crippen LogP contribution in [0.1, 0.15) is 22.9 Å². The topological polar surface area (TPSA) is 49.9 Å². The minimum absolute atomic E-state index is 0.302. The van der Waals surface area contributed by atoms with Gasteiger partial charge < -0.3 is 9.73 Å². The lowest BCUT2D eigenvalue weighted by Crippen LogP contribution is -2.33. The summed E-state index contributed by atoms with van der Waals surface area (Å²) in [5.74, 6) is 1.46. The minimum Gasteiger partial charge on any atom is -0.456 e. The molecule has 1 aromatic heterocycles. The van der Waals surface area contributed by atoms with Gasteiger partial charge in [0.1, 0.15) is 23.2 Å². The Morgan fingerprint density at radius 1 is 0.469 bits per heavy atom. The smallest absolute Gasteiger partial charge is 0.159 e. The zero-order chi connectivity index (χ0) is 32.3. The van der Waals surface area contributed by atoms with E-state index in [1.807, 2.05) is 18.2 Å². The van der Waals surface area contributed by atoms with Crippen LogP contribution in [0.3, 0.4) is 0 Å². The van der Waals surface area contributed by atoms with Gasteiger partial charge in [-0.1, -0.05) is 133 Å². The maximum atomic E-state index is 6.53. The van der Waals surface area contributed by atoms with E-state index in [2.05, 4.69) is 151 Å². The zero-order valence-corrected chi connectivity index (χ0v) is 26.5. The molecule has 4 heteroatoms. The van der Waals surface area contributed by atoms with Gasteiger partial charge in [-0.15, -0.1) is 0 Å². The van der Waals surface area contributed by atoms with Crippen molar-refractivity contribution in [2.24, 2.45) is 9.98 Å². The van der Waals surface area contributed by atoms with Crippen LogP contribution < -0.4 is 5.32 Å². The quantitative estimate of drug-likeness (QED) is 0.197. The first-order valence-electron chi connectivity index (χ1n) is 16.6. The lowest BCUT2D eigenvalue weighted by Gasteiger charge is -2.24. The number of aliphatic imine (C=N–C) groups is 2. The van der Waals surface area contributed by atoms with Gasteiger partial charge in [0.05, 0.1) is 0 Å². The maximum absolute atomic E-state index is 6.53. The highest BCUT2D eigenvalue weighted by Crippen LogP contribution is 2.36. The van der Waals surface area contributed by atoms with Crippen molar-refractivity contribution in [3.63, 3.8) is 0 Å². The van der Waals surface area contributed by atoms with Crippen LogP contribution in [0.2, 0.25) is 0 Å². The van der Waals surface area contributed by atoms with Gasteiger partial charge in [-0.05, 0) is 79.3 Å². The van der Waals surface area contributed by atoms with E-state index >= 15 is 0 Å². The Balaban J connectivity index is 1.11. The molecule has 0 saturated carbocycles. The first-order chi connectivity index (χ1) is 24.2. The van der Waals surface area contributed by atoms with E-state index in [0.29, 0.717) is 5.84 Å². The molecule has 1 aliphatic rings. The Hall–Kier alpha value is -6.52. The first kappa shape index (κ1) is 27.6. The number of hydrogen-bond donors (Lipinski definition) is 1. The summed E-state index contributed by atoms with van der Waals surface area (Å²) in [4.78, 5) is 10.4. The average Bonchev–Trinajstić information content (AvgIpc) is 3.56. The molecule has 0 bridgehead atoms. The van der Waals surface area contributed by atoms with Crippen LogP contribution in [-0.2, 0) is 0 Å². The molecule has 4 nitrogen and oxygen atoms in total. The van der Waals surface area contributed by atoms with E-state index in [9.17, 15) is 0 Å². The third-order valence-corrected chi connectivity index (χ3v) is 9.70. The molecule has 1 aliphatic heterocycles. The fraction of sp³-hybridized carbons (Fsp3) is 0.0222. The molecule has 0 radical (unpaired) electrons. The van der Waals surface area contributed by atoms with Crippen LogP contribution in [0.25, 0.3) is 65.4 Å². The zero-order valence-electron chi connectivity index (χ0n) is 26.5. The Morgan fingerprint density at radius 3 is 2.06 bits per heavy atom. The number of nitrogens with one attached hydrogen (secondary N) is 1. The highest BCUT2D eigenvalue weighted by molar-refractivity contribution is 6.22. The van der Waals surface area contributed by atoms with Gasteiger partial charge >= 0.3 is 0 Å². The molecule has 9 aromatic rings. The van der Waals surface area contributed by atoms with Gasteiger partial charge in [0, 0.05) is 21.9 Å². The van der Waals surface area contributed by atoms with Crippen LogP contribution in [0.15, 0.2) is 178 Å². The summed E-state index contributed by atoms with van der Waals surface area (Å²) in [6, 6.07) is 57.6. The number of fused-ring (bicyclic) bond motifs is 7. The molecule has 10 rings (SSSR count). The molecule has 8 aromatic carbocycles. The van der Waals surface area contributed by atoms with E-state index < -0.39 is 0 Å². The van der Waals surface area contributed by atoms with Gasteiger partial charge in [-0.3, -0.25) is 0 Å². The summed E-state index contributed by atoms with van der Waals surface area (Å²) in [6.45, 7) is 0. The molecule has 1 N–H and O–H groups in total. The predicted octanol–water partition coefficient (Wildman–Crippen LogP) is 11.2. The lowest BCUT2D eigenvalue weighted by molar-refractivity contribution is 0.668. The fourth-order valence-corrected chi connectivity index (χ4v) is 7.25. The van der Waals surface area contributed by atoms with Crippen molar-refractivity contribution in [2.45, 2.75) is 6.17 Å². The van der Waals surface area contributed by atoms with Gasteiger partial charge in [0.2, 0.25) is 0 Å². The molecule has 230 valence electrons. The van der Waals surface area contributed by atoms with Crippen LogP contribution in [0, 0.1) is 0 Å². The van der Waals surface area contributed by atoms with Crippen molar-refractivity contribution >= 4 is 65.9 Å². The first-order valence-corrected chi connectivity index (χ1v) is 16.6. The molecule has 2 heterocycles. The summed E-state index contributed by atoms with van der Waals surface area (Å²) < 4.78 is 6.53. The van der Waals surface area contributed by atoms with E-state index in [4.69, 9.17) is 14.4 Å². The van der Waals surface area contributed by atoms with E-state index in [0.717, 1.165) is 61.0 Å². The monoisotopic (exact) mass is 627 g/mol. The lowest BCUT2D eigenvalue weighted by atomic mass is 9.98. The van der Waals surface area contributed by atoms with Crippen molar-refractivity contribution in [1.29, 1.82) is 0 Å². The van der Waals surface area contributed by atoms with Crippen LogP contribution in [-0.4, -0.2) is 11.7 Å². The highest BCUT2D eigenvalue weighted by Gasteiger charge is 2.24. The molecule has 0 fully saturated rings. The van der Waals surface area contributed by atoms with E-state index in [1.165, 1.54) is 26.9 Å². The van der Waals surface area contributed by atoms with Crippen LogP contribution >= 0.6 is 0 Å². The molecule has 0 spiro atoms. The van der Waals surface area contributed by atoms with Crippen LogP contribution in [0.5, 0.6) is 0 Å². The Kier molecular flexibility index (Phi) is 6.21. The summed E-state index contributed by atoms with van der Waals surface area (Å²) in [7, 11) is 0. The second-order valence-electron chi connectivity index (χ2n) is 12.6. The third-order valence-electron chi connectivity index (χ3n) is 9.70. The SMILES string of the molecule is c1ccc(C2N=C(c3ccc4c(ccc5ccccc54)c3)N=C(c3cccc4oc5cc(-c6ccc7ccccc7c6)ccc5c34)N2)cc1. The van der Waals surface area contributed by atoms with Crippen molar-refractivity contribution in [1.82, 2.24) is 5.32 Å². The van der Waals surface area contributed by atoms with Crippen molar-refractivity contribution in [3.05, 3.63) is 180 Å². The molecule has 49 heavy (non-hydrogen) atoms.